The molecule has 1 heteroatoms. The summed E-state index contributed by atoms with van der Waals surface area (Å²) in [7, 11) is 0. The molecule has 2 rings (SSSR count). The van der Waals surface area contributed by atoms with Crippen molar-refractivity contribution in [3.05, 3.63) is 48.0 Å². The number of ketones is 1. The van der Waals surface area contributed by atoms with Gasteiger partial charge in [-0.3, -0.25) is 4.79 Å². The normalized spacial score (nSPS) is 10.6. The molecule has 0 radical (unpaired) electrons. The summed E-state index contributed by atoms with van der Waals surface area (Å²) in [5.41, 5.74) is 1.16. The number of hydrogen-bond acceptors (Lipinski definition) is 1. The summed E-state index contributed by atoms with van der Waals surface area (Å²) in [5.74, 6) is 0.350. The van der Waals surface area contributed by atoms with Crippen LogP contribution in [0.4, 0.5) is 0 Å². The van der Waals surface area contributed by atoms with Crippen LogP contribution < -0.4 is 0 Å². The Hall–Kier alpha value is -1.63. The van der Waals surface area contributed by atoms with E-state index in [4.69, 9.17) is 0 Å². The van der Waals surface area contributed by atoms with E-state index in [0.717, 1.165) is 18.4 Å². The van der Waals surface area contributed by atoms with Crippen molar-refractivity contribution < 1.29 is 4.79 Å². The fourth-order valence-corrected chi connectivity index (χ4v) is 2.12. The molecule has 0 spiro atoms. The minimum absolute atomic E-state index is 0.350. The molecule has 0 aliphatic heterocycles. The second kappa shape index (κ2) is 5.62. The van der Waals surface area contributed by atoms with Gasteiger partial charge in [-0.2, -0.15) is 0 Å². The number of fused-ring (bicyclic) bond motifs is 1. The number of Topliss-reactive ketones (excluding diaryl/α,β-unsaturated/α-hetero) is 1. The molecule has 0 saturated heterocycles. The lowest BCUT2D eigenvalue weighted by Gasteiger charge is -2.05. The molecule has 0 aliphatic rings. The van der Waals surface area contributed by atoms with Gasteiger partial charge >= 0.3 is 0 Å². The predicted molar refractivity (Wildman–Crippen MR) is 72.2 cm³/mol. The van der Waals surface area contributed by atoms with Crippen LogP contribution in [-0.2, 0) is 11.2 Å². The van der Waals surface area contributed by atoms with Crippen molar-refractivity contribution >= 4 is 16.6 Å². The molecule has 2 aromatic rings. The Morgan fingerprint density at radius 3 is 2.65 bits per heavy atom. The Balaban J connectivity index is 2.21. The van der Waals surface area contributed by atoms with E-state index in [1.807, 2.05) is 18.2 Å². The van der Waals surface area contributed by atoms with Gasteiger partial charge in [0.25, 0.3) is 0 Å². The number of hydrogen-bond donors (Lipinski definition) is 0. The van der Waals surface area contributed by atoms with E-state index in [9.17, 15) is 4.79 Å². The third kappa shape index (κ3) is 2.94. The Morgan fingerprint density at radius 1 is 1.06 bits per heavy atom. The molecule has 0 bridgehead atoms. The fraction of sp³-hybridized carbons (Fsp3) is 0.312. The van der Waals surface area contributed by atoms with Crippen LogP contribution in [0, 0.1) is 0 Å². The summed E-state index contributed by atoms with van der Waals surface area (Å²) in [5, 5.41) is 2.42. The Labute approximate surface area is 102 Å². The van der Waals surface area contributed by atoms with E-state index in [0.29, 0.717) is 18.6 Å². The van der Waals surface area contributed by atoms with E-state index < -0.39 is 0 Å². The summed E-state index contributed by atoms with van der Waals surface area (Å²) < 4.78 is 0. The first kappa shape index (κ1) is 11.8. The second-order valence-electron chi connectivity index (χ2n) is 4.46. The highest BCUT2D eigenvalue weighted by Crippen LogP contribution is 2.19. The van der Waals surface area contributed by atoms with Crippen LogP contribution in [0.5, 0.6) is 0 Å². The van der Waals surface area contributed by atoms with Gasteiger partial charge in [-0.15, -0.1) is 0 Å². The number of carbonyl (C=O) groups is 1. The van der Waals surface area contributed by atoms with E-state index >= 15 is 0 Å². The van der Waals surface area contributed by atoms with Crippen molar-refractivity contribution in [1.29, 1.82) is 0 Å². The van der Waals surface area contributed by atoms with Gasteiger partial charge in [0, 0.05) is 12.8 Å². The van der Waals surface area contributed by atoms with Gasteiger partial charge in [0.15, 0.2) is 0 Å². The highest BCUT2D eigenvalue weighted by molar-refractivity contribution is 5.90. The number of unbranched alkanes of at least 4 members (excludes halogenated alkanes) is 1. The zero-order valence-corrected chi connectivity index (χ0v) is 10.3. The second-order valence-corrected chi connectivity index (χ2v) is 4.46. The number of rotatable bonds is 5. The number of benzene rings is 2. The summed E-state index contributed by atoms with van der Waals surface area (Å²) in [6, 6.07) is 14.4. The first-order valence-corrected chi connectivity index (χ1v) is 6.29. The van der Waals surface area contributed by atoms with E-state index in [1.54, 1.807) is 0 Å². The Kier molecular flexibility index (Phi) is 3.92. The smallest absolute Gasteiger partial charge is 0.137 e. The molecule has 0 aliphatic carbocycles. The zero-order valence-electron chi connectivity index (χ0n) is 10.3. The van der Waals surface area contributed by atoms with Gasteiger partial charge in [0.1, 0.15) is 5.78 Å². The van der Waals surface area contributed by atoms with Crippen molar-refractivity contribution in [3.63, 3.8) is 0 Å². The van der Waals surface area contributed by atoms with Crippen LogP contribution in [0.2, 0.25) is 0 Å². The molecule has 0 N–H and O–H groups in total. The van der Waals surface area contributed by atoms with Gasteiger partial charge in [-0.1, -0.05) is 55.8 Å². The predicted octanol–water partition coefficient (Wildman–Crippen LogP) is 4.14. The van der Waals surface area contributed by atoms with E-state index in [2.05, 4.69) is 31.2 Å². The Bertz CT molecular complexity index is 508. The van der Waals surface area contributed by atoms with Gasteiger partial charge < -0.3 is 0 Å². The van der Waals surface area contributed by atoms with Crippen LogP contribution >= 0.6 is 0 Å². The topological polar surface area (TPSA) is 17.1 Å². The average Bonchev–Trinajstić information content (AvgIpc) is 2.37. The van der Waals surface area contributed by atoms with Crippen molar-refractivity contribution in [2.45, 2.75) is 32.6 Å². The minimum Gasteiger partial charge on any atom is -0.299 e. The molecule has 17 heavy (non-hydrogen) atoms. The van der Waals surface area contributed by atoms with Gasteiger partial charge in [0.2, 0.25) is 0 Å². The highest BCUT2D eigenvalue weighted by atomic mass is 16.1. The first-order chi connectivity index (χ1) is 8.31. The molecule has 0 atom stereocenters. The maximum Gasteiger partial charge on any atom is 0.137 e. The van der Waals surface area contributed by atoms with Gasteiger partial charge in [0.05, 0.1) is 0 Å². The summed E-state index contributed by atoms with van der Waals surface area (Å²) in [6.45, 7) is 2.12. The lowest BCUT2D eigenvalue weighted by Crippen LogP contribution is -2.02. The van der Waals surface area contributed by atoms with Crippen LogP contribution in [-0.4, -0.2) is 5.78 Å². The number of carbonyl (C=O) groups excluding carboxylic acids is 1. The molecule has 0 fully saturated rings. The van der Waals surface area contributed by atoms with Crippen molar-refractivity contribution in [2.75, 3.05) is 0 Å². The molecule has 0 saturated carbocycles. The quantitative estimate of drug-likeness (QED) is 0.748. The molecule has 0 amide bonds. The van der Waals surface area contributed by atoms with Crippen LogP contribution in [0.1, 0.15) is 31.7 Å². The van der Waals surface area contributed by atoms with Gasteiger partial charge in [-0.25, -0.2) is 0 Å². The molecule has 0 aromatic heterocycles. The summed E-state index contributed by atoms with van der Waals surface area (Å²) in [6.07, 6.45) is 3.37. The molecule has 2 aromatic carbocycles. The minimum atomic E-state index is 0.350. The summed E-state index contributed by atoms with van der Waals surface area (Å²) in [4.78, 5) is 11.8. The highest BCUT2D eigenvalue weighted by Gasteiger charge is 2.06. The molecule has 0 unspecified atom stereocenters. The van der Waals surface area contributed by atoms with Crippen LogP contribution in [0.15, 0.2) is 42.5 Å². The standard InChI is InChI=1S/C16H18O/c1-2-3-10-15(17)12-14-9-6-8-13-7-4-5-11-16(13)14/h4-9,11H,2-3,10,12H2,1H3. The van der Waals surface area contributed by atoms with Crippen molar-refractivity contribution in [1.82, 2.24) is 0 Å². The lowest BCUT2D eigenvalue weighted by molar-refractivity contribution is -0.118. The van der Waals surface area contributed by atoms with E-state index in [1.165, 1.54) is 10.8 Å². The van der Waals surface area contributed by atoms with Crippen LogP contribution in [0.3, 0.4) is 0 Å². The van der Waals surface area contributed by atoms with E-state index in [-0.39, 0.29) is 0 Å². The monoisotopic (exact) mass is 226 g/mol. The van der Waals surface area contributed by atoms with Crippen molar-refractivity contribution in [2.24, 2.45) is 0 Å². The molecular formula is C16H18O. The van der Waals surface area contributed by atoms with Gasteiger partial charge in [-0.05, 0) is 22.8 Å². The van der Waals surface area contributed by atoms with Crippen LogP contribution in [0.25, 0.3) is 10.8 Å². The maximum atomic E-state index is 11.8. The zero-order chi connectivity index (χ0) is 12.1. The Morgan fingerprint density at radius 2 is 1.82 bits per heavy atom. The van der Waals surface area contributed by atoms with Crippen molar-refractivity contribution in [3.8, 4) is 0 Å². The molecular weight excluding hydrogens is 208 g/mol. The first-order valence-electron chi connectivity index (χ1n) is 6.29. The lowest BCUT2D eigenvalue weighted by atomic mass is 9.99. The molecule has 0 heterocycles. The molecule has 1 nitrogen and oxygen atoms in total. The largest absolute Gasteiger partial charge is 0.299 e. The fourth-order valence-electron chi connectivity index (χ4n) is 2.12. The summed E-state index contributed by atoms with van der Waals surface area (Å²) >= 11 is 0. The third-order valence-corrected chi connectivity index (χ3v) is 3.08. The average molecular weight is 226 g/mol. The third-order valence-electron chi connectivity index (χ3n) is 3.08. The maximum absolute atomic E-state index is 11.8. The SMILES string of the molecule is CCCCC(=O)Cc1cccc2ccccc12. The molecule has 88 valence electrons.